The summed E-state index contributed by atoms with van der Waals surface area (Å²) in [7, 11) is 0. The molecule has 0 unspecified atom stereocenters. The third-order valence-corrected chi connectivity index (χ3v) is 4.54. The number of para-hydroxylation sites is 1. The molecular weight excluding hydrogens is 345 g/mol. The maximum absolute atomic E-state index is 13.9. The Balaban J connectivity index is 1.59. The van der Waals surface area contributed by atoms with Gasteiger partial charge in [0.05, 0.1) is 5.69 Å². The number of rotatable bonds is 2. The maximum atomic E-state index is 13.9. The van der Waals surface area contributed by atoms with Crippen LogP contribution in [0.15, 0.2) is 24.3 Å². The van der Waals surface area contributed by atoms with Crippen LogP contribution in [0.1, 0.15) is 27.7 Å². The Bertz CT molecular complexity index is 723. The SMILES string of the molecule is CC1(C)O[C@@H]2O[C@@H](C(=O)Nc3ccccc3F)[C@H]3OC(C)(C)O[C@@H]3[C@H]2O1. The van der Waals surface area contributed by atoms with E-state index in [9.17, 15) is 9.18 Å². The normalized spacial score (nSPS) is 37.0. The van der Waals surface area contributed by atoms with Gasteiger partial charge in [-0.05, 0) is 39.8 Å². The van der Waals surface area contributed by atoms with Crippen LogP contribution in [-0.2, 0) is 28.5 Å². The standard InChI is InChI=1S/C18H22FNO6/c1-17(2)23-11-12(24-17)14-16(26-18(3,4)25-14)22-13(11)15(21)20-10-8-6-5-7-9(10)19/h5-8,11-14,16H,1-4H3,(H,20,21)/t11-,12-,13+,14+,16-/m0/s1. The zero-order chi connectivity index (χ0) is 18.7. The van der Waals surface area contributed by atoms with Crippen molar-refractivity contribution in [2.45, 2.75) is 70.0 Å². The van der Waals surface area contributed by atoms with E-state index in [0.717, 1.165) is 0 Å². The summed E-state index contributed by atoms with van der Waals surface area (Å²) in [5, 5.41) is 2.55. The minimum absolute atomic E-state index is 0.0712. The van der Waals surface area contributed by atoms with Crippen molar-refractivity contribution in [3.63, 3.8) is 0 Å². The first-order valence-corrected chi connectivity index (χ1v) is 8.57. The van der Waals surface area contributed by atoms with E-state index in [-0.39, 0.29) is 5.69 Å². The lowest BCUT2D eigenvalue weighted by molar-refractivity contribution is -0.229. The van der Waals surface area contributed by atoms with Crippen molar-refractivity contribution in [2.75, 3.05) is 5.32 Å². The molecule has 1 N–H and O–H groups in total. The number of hydrogen-bond donors (Lipinski definition) is 1. The second-order valence-electron chi connectivity index (χ2n) is 7.56. The second-order valence-corrected chi connectivity index (χ2v) is 7.56. The number of fused-ring (bicyclic) bond motifs is 3. The van der Waals surface area contributed by atoms with Gasteiger partial charge in [0.25, 0.3) is 5.91 Å². The largest absolute Gasteiger partial charge is 0.342 e. The lowest BCUT2D eigenvalue weighted by Crippen LogP contribution is -2.58. The highest BCUT2D eigenvalue weighted by Gasteiger charge is 2.62. The van der Waals surface area contributed by atoms with Gasteiger partial charge in [-0.25, -0.2) is 4.39 Å². The van der Waals surface area contributed by atoms with Gasteiger partial charge in [-0.1, -0.05) is 12.1 Å². The van der Waals surface area contributed by atoms with Gasteiger partial charge >= 0.3 is 0 Å². The van der Waals surface area contributed by atoms with Crippen molar-refractivity contribution in [3.05, 3.63) is 30.1 Å². The number of ether oxygens (including phenoxy) is 5. The fourth-order valence-electron chi connectivity index (χ4n) is 3.59. The predicted molar refractivity (Wildman–Crippen MR) is 87.6 cm³/mol. The molecule has 7 nitrogen and oxygen atoms in total. The van der Waals surface area contributed by atoms with E-state index >= 15 is 0 Å². The van der Waals surface area contributed by atoms with Crippen molar-refractivity contribution >= 4 is 11.6 Å². The summed E-state index contributed by atoms with van der Waals surface area (Å²) >= 11 is 0. The van der Waals surface area contributed by atoms with E-state index in [1.165, 1.54) is 12.1 Å². The van der Waals surface area contributed by atoms with Crippen LogP contribution in [0.4, 0.5) is 10.1 Å². The molecule has 1 aromatic rings. The quantitative estimate of drug-likeness (QED) is 0.863. The molecule has 0 spiro atoms. The van der Waals surface area contributed by atoms with Crippen LogP contribution in [-0.4, -0.2) is 48.2 Å². The lowest BCUT2D eigenvalue weighted by Gasteiger charge is -2.36. The number of benzene rings is 1. The number of nitrogens with one attached hydrogen (secondary N) is 1. The van der Waals surface area contributed by atoms with E-state index < -0.39 is 54.0 Å². The zero-order valence-corrected chi connectivity index (χ0v) is 15.0. The Morgan fingerprint density at radius 3 is 2.31 bits per heavy atom. The maximum Gasteiger partial charge on any atom is 0.256 e. The molecule has 26 heavy (non-hydrogen) atoms. The molecule has 3 aliphatic heterocycles. The summed E-state index contributed by atoms with van der Waals surface area (Å²) in [5.74, 6) is -2.83. The molecule has 4 rings (SSSR count). The van der Waals surface area contributed by atoms with Crippen LogP contribution in [0, 0.1) is 5.82 Å². The Morgan fingerprint density at radius 2 is 1.58 bits per heavy atom. The molecule has 0 aromatic heterocycles. The van der Waals surface area contributed by atoms with Crippen LogP contribution in [0.5, 0.6) is 0 Å². The average molecular weight is 367 g/mol. The molecule has 3 heterocycles. The molecule has 3 aliphatic rings. The highest BCUT2D eigenvalue weighted by Crippen LogP contribution is 2.44. The van der Waals surface area contributed by atoms with Crippen LogP contribution in [0.3, 0.4) is 0 Å². The minimum Gasteiger partial charge on any atom is -0.342 e. The Kier molecular flexibility index (Phi) is 4.09. The van der Waals surface area contributed by atoms with Crippen molar-refractivity contribution < 1.29 is 32.9 Å². The minimum atomic E-state index is -1.03. The lowest BCUT2D eigenvalue weighted by atomic mass is 9.98. The third kappa shape index (κ3) is 3.12. The molecule has 0 saturated carbocycles. The number of anilines is 1. The fraction of sp³-hybridized carbons (Fsp3) is 0.611. The third-order valence-electron chi connectivity index (χ3n) is 4.54. The molecule has 1 amide bonds. The number of carbonyl (C=O) groups is 1. The Morgan fingerprint density at radius 1 is 0.962 bits per heavy atom. The first-order valence-electron chi connectivity index (χ1n) is 8.57. The molecule has 5 atom stereocenters. The van der Waals surface area contributed by atoms with Crippen LogP contribution in [0.2, 0.25) is 0 Å². The van der Waals surface area contributed by atoms with Crippen molar-refractivity contribution in [3.8, 4) is 0 Å². The monoisotopic (exact) mass is 367 g/mol. The molecule has 3 fully saturated rings. The molecule has 0 radical (unpaired) electrons. The van der Waals surface area contributed by atoms with Crippen LogP contribution < -0.4 is 5.32 Å². The summed E-state index contributed by atoms with van der Waals surface area (Å²) in [5.41, 5.74) is 0.0712. The van der Waals surface area contributed by atoms with Crippen LogP contribution >= 0.6 is 0 Å². The molecule has 0 aliphatic carbocycles. The van der Waals surface area contributed by atoms with Gasteiger partial charge in [-0.3, -0.25) is 4.79 Å². The molecule has 0 bridgehead atoms. The average Bonchev–Trinajstić information content (AvgIpc) is 3.02. The first kappa shape index (κ1) is 17.8. The van der Waals surface area contributed by atoms with E-state index in [4.69, 9.17) is 23.7 Å². The summed E-state index contributed by atoms with van der Waals surface area (Å²) < 4.78 is 43.2. The molecule has 3 saturated heterocycles. The van der Waals surface area contributed by atoms with Gasteiger partial charge in [0, 0.05) is 0 Å². The number of carbonyl (C=O) groups excluding carboxylic acids is 1. The summed E-state index contributed by atoms with van der Waals surface area (Å²) in [4.78, 5) is 12.8. The van der Waals surface area contributed by atoms with E-state index in [2.05, 4.69) is 5.32 Å². The highest BCUT2D eigenvalue weighted by atomic mass is 19.1. The second kappa shape index (κ2) is 5.97. The van der Waals surface area contributed by atoms with Gasteiger partial charge in [-0.2, -0.15) is 0 Å². The van der Waals surface area contributed by atoms with Crippen molar-refractivity contribution in [2.24, 2.45) is 0 Å². The van der Waals surface area contributed by atoms with Gasteiger partial charge in [0.1, 0.15) is 24.1 Å². The van der Waals surface area contributed by atoms with Crippen molar-refractivity contribution in [1.29, 1.82) is 0 Å². The Hall–Kier alpha value is -1.58. The summed E-state index contributed by atoms with van der Waals surface area (Å²) in [6.07, 6.45) is -3.56. The van der Waals surface area contributed by atoms with Crippen LogP contribution in [0.25, 0.3) is 0 Å². The number of amides is 1. The van der Waals surface area contributed by atoms with E-state index in [1.807, 2.05) is 0 Å². The molecule has 8 heteroatoms. The van der Waals surface area contributed by atoms with E-state index in [1.54, 1.807) is 39.8 Å². The van der Waals surface area contributed by atoms with E-state index in [0.29, 0.717) is 0 Å². The predicted octanol–water partition coefficient (Wildman–Crippen LogP) is 2.16. The number of halogens is 1. The highest BCUT2D eigenvalue weighted by molar-refractivity contribution is 5.95. The van der Waals surface area contributed by atoms with Gasteiger partial charge in [0.2, 0.25) is 0 Å². The van der Waals surface area contributed by atoms with Crippen molar-refractivity contribution in [1.82, 2.24) is 0 Å². The van der Waals surface area contributed by atoms with Gasteiger partial charge in [-0.15, -0.1) is 0 Å². The topological polar surface area (TPSA) is 75.3 Å². The molecular formula is C18H22FNO6. The summed E-state index contributed by atoms with van der Waals surface area (Å²) in [6.45, 7) is 7.04. The molecule has 1 aromatic carbocycles. The number of hydrogen-bond acceptors (Lipinski definition) is 6. The fourth-order valence-corrected chi connectivity index (χ4v) is 3.59. The first-order chi connectivity index (χ1) is 12.2. The zero-order valence-electron chi connectivity index (χ0n) is 15.0. The summed E-state index contributed by atoms with van der Waals surface area (Å²) in [6, 6.07) is 5.93. The van der Waals surface area contributed by atoms with Gasteiger partial charge < -0.3 is 29.0 Å². The smallest absolute Gasteiger partial charge is 0.256 e. The van der Waals surface area contributed by atoms with Gasteiger partial charge in [0.15, 0.2) is 24.0 Å². The Labute approximate surface area is 150 Å². The molecule has 142 valence electrons.